The predicted octanol–water partition coefficient (Wildman–Crippen LogP) is 4.21. The van der Waals surface area contributed by atoms with Gasteiger partial charge >= 0.3 is 0 Å². The molecule has 1 fully saturated rings. The van der Waals surface area contributed by atoms with Crippen molar-refractivity contribution in [3.63, 3.8) is 0 Å². The number of piperazine rings is 1. The molecule has 1 aliphatic rings. The van der Waals surface area contributed by atoms with Crippen LogP contribution in [0.5, 0.6) is 0 Å². The molecule has 1 aliphatic heterocycles. The minimum absolute atomic E-state index is 0.392. The summed E-state index contributed by atoms with van der Waals surface area (Å²) in [6.07, 6.45) is 1.81. The maximum atomic E-state index is 6.35. The summed E-state index contributed by atoms with van der Waals surface area (Å²) in [6.45, 7) is 6.22. The summed E-state index contributed by atoms with van der Waals surface area (Å²) >= 11 is 9.75. The highest BCUT2D eigenvalue weighted by Crippen LogP contribution is 2.29. The predicted molar refractivity (Wildman–Crippen MR) is 95.5 cm³/mol. The molecule has 0 N–H and O–H groups in total. The van der Waals surface area contributed by atoms with Crippen LogP contribution in [0.3, 0.4) is 0 Å². The van der Waals surface area contributed by atoms with Crippen LogP contribution in [0, 0.1) is 0 Å². The SMILES string of the molecule is CC1CN(Cc2ccccc2)CCN1c1ncc(Br)cc1Cl. The second-order valence-corrected chi connectivity index (χ2v) is 7.04. The summed E-state index contributed by atoms with van der Waals surface area (Å²) in [4.78, 5) is 9.28. The molecule has 1 unspecified atom stereocenters. The minimum atomic E-state index is 0.392. The van der Waals surface area contributed by atoms with Crippen molar-refractivity contribution in [3.8, 4) is 0 Å². The minimum Gasteiger partial charge on any atom is -0.350 e. The third kappa shape index (κ3) is 3.62. The van der Waals surface area contributed by atoms with E-state index < -0.39 is 0 Å². The highest BCUT2D eigenvalue weighted by atomic mass is 79.9. The van der Waals surface area contributed by atoms with Gasteiger partial charge in [-0.2, -0.15) is 0 Å². The molecule has 0 spiro atoms. The summed E-state index contributed by atoms with van der Waals surface area (Å²) in [5.41, 5.74) is 1.36. The van der Waals surface area contributed by atoms with Gasteiger partial charge in [-0.3, -0.25) is 4.90 Å². The summed E-state index contributed by atoms with van der Waals surface area (Å²) in [7, 11) is 0. The molecule has 0 amide bonds. The van der Waals surface area contributed by atoms with Gasteiger partial charge in [0.15, 0.2) is 0 Å². The Labute approximate surface area is 145 Å². The van der Waals surface area contributed by atoms with Crippen molar-refractivity contribution in [2.45, 2.75) is 19.5 Å². The maximum absolute atomic E-state index is 6.35. The van der Waals surface area contributed by atoms with Gasteiger partial charge in [-0.1, -0.05) is 41.9 Å². The van der Waals surface area contributed by atoms with Crippen LogP contribution >= 0.6 is 27.5 Å². The van der Waals surface area contributed by atoms with Gasteiger partial charge in [-0.05, 0) is 34.5 Å². The van der Waals surface area contributed by atoms with E-state index in [2.05, 4.69) is 68.0 Å². The van der Waals surface area contributed by atoms with E-state index in [1.807, 2.05) is 12.3 Å². The zero-order valence-corrected chi connectivity index (χ0v) is 14.9. The molecule has 1 aromatic heterocycles. The lowest BCUT2D eigenvalue weighted by Gasteiger charge is -2.41. The molecule has 1 aromatic carbocycles. The quantitative estimate of drug-likeness (QED) is 0.795. The first-order valence-corrected chi connectivity index (χ1v) is 8.64. The smallest absolute Gasteiger partial charge is 0.147 e. The number of hydrogen-bond donors (Lipinski definition) is 0. The number of aromatic nitrogens is 1. The van der Waals surface area contributed by atoms with Crippen LogP contribution in [0.1, 0.15) is 12.5 Å². The third-order valence-electron chi connectivity index (χ3n) is 4.02. The van der Waals surface area contributed by atoms with Crippen molar-refractivity contribution in [1.29, 1.82) is 0 Å². The monoisotopic (exact) mass is 379 g/mol. The van der Waals surface area contributed by atoms with Crippen LogP contribution in [0.15, 0.2) is 47.1 Å². The normalized spacial score (nSPS) is 19.4. The van der Waals surface area contributed by atoms with E-state index in [0.717, 1.165) is 36.5 Å². The van der Waals surface area contributed by atoms with Gasteiger partial charge in [-0.25, -0.2) is 4.98 Å². The van der Waals surface area contributed by atoms with E-state index in [-0.39, 0.29) is 0 Å². The van der Waals surface area contributed by atoms with E-state index in [9.17, 15) is 0 Å². The fourth-order valence-electron chi connectivity index (χ4n) is 2.95. The average molecular weight is 381 g/mol. The molecule has 22 heavy (non-hydrogen) atoms. The van der Waals surface area contributed by atoms with Gasteiger partial charge in [0.1, 0.15) is 5.82 Å². The topological polar surface area (TPSA) is 19.4 Å². The van der Waals surface area contributed by atoms with Crippen molar-refractivity contribution in [1.82, 2.24) is 9.88 Å². The van der Waals surface area contributed by atoms with Gasteiger partial charge in [0.05, 0.1) is 5.02 Å². The van der Waals surface area contributed by atoms with Crippen LogP contribution in [0.4, 0.5) is 5.82 Å². The first-order chi connectivity index (χ1) is 10.6. The summed E-state index contributed by atoms with van der Waals surface area (Å²) in [5, 5.41) is 0.706. The fourth-order valence-corrected chi connectivity index (χ4v) is 3.69. The van der Waals surface area contributed by atoms with Crippen LogP contribution < -0.4 is 4.90 Å². The Balaban J connectivity index is 1.67. The molecule has 3 rings (SSSR count). The lowest BCUT2D eigenvalue weighted by atomic mass is 10.1. The first-order valence-electron chi connectivity index (χ1n) is 7.47. The van der Waals surface area contributed by atoms with Crippen molar-refractivity contribution < 1.29 is 0 Å². The van der Waals surface area contributed by atoms with Crippen LogP contribution in [0.2, 0.25) is 5.02 Å². The molecule has 0 radical (unpaired) electrons. The number of anilines is 1. The fraction of sp³-hybridized carbons (Fsp3) is 0.353. The van der Waals surface area contributed by atoms with E-state index in [0.29, 0.717) is 11.1 Å². The molecular weight excluding hydrogens is 362 g/mol. The zero-order valence-electron chi connectivity index (χ0n) is 12.5. The van der Waals surface area contributed by atoms with Gasteiger partial charge in [0.2, 0.25) is 0 Å². The van der Waals surface area contributed by atoms with Crippen LogP contribution in [-0.2, 0) is 6.54 Å². The highest BCUT2D eigenvalue weighted by Gasteiger charge is 2.26. The van der Waals surface area contributed by atoms with Crippen LogP contribution in [-0.4, -0.2) is 35.6 Å². The number of halogens is 2. The Kier molecular flexibility index (Phi) is 5.01. The van der Waals surface area contributed by atoms with E-state index in [1.165, 1.54) is 5.56 Å². The Hall–Kier alpha value is -1.10. The number of nitrogens with zero attached hydrogens (tertiary/aromatic N) is 3. The van der Waals surface area contributed by atoms with Crippen molar-refractivity contribution in [2.24, 2.45) is 0 Å². The maximum Gasteiger partial charge on any atom is 0.147 e. The second kappa shape index (κ2) is 6.99. The average Bonchev–Trinajstić information content (AvgIpc) is 2.49. The molecule has 116 valence electrons. The molecule has 2 aromatic rings. The molecule has 0 saturated carbocycles. The Morgan fingerprint density at radius 1 is 1.27 bits per heavy atom. The summed E-state index contributed by atoms with van der Waals surface area (Å²) in [5.74, 6) is 0.886. The van der Waals surface area contributed by atoms with E-state index in [4.69, 9.17) is 11.6 Å². The zero-order chi connectivity index (χ0) is 15.5. The number of hydrogen-bond acceptors (Lipinski definition) is 3. The molecule has 0 bridgehead atoms. The molecule has 0 aliphatic carbocycles. The largest absolute Gasteiger partial charge is 0.350 e. The molecule has 1 atom stereocenters. The van der Waals surface area contributed by atoms with E-state index >= 15 is 0 Å². The van der Waals surface area contributed by atoms with Gasteiger partial charge in [0.25, 0.3) is 0 Å². The van der Waals surface area contributed by atoms with Crippen molar-refractivity contribution in [3.05, 3.63) is 57.7 Å². The highest BCUT2D eigenvalue weighted by molar-refractivity contribution is 9.10. The molecule has 5 heteroatoms. The van der Waals surface area contributed by atoms with Gasteiger partial charge in [-0.15, -0.1) is 0 Å². The van der Waals surface area contributed by atoms with Crippen LogP contribution in [0.25, 0.3) is 0 Å². The molecule has 3 nitrogen and oxygen atoms in total. The lowest BCUT2D eigenvalue weighted by molar-refractivity contribution is 0.220. The lowest BCUT2D eigenvalue weighted by Crippen LogP contribution is -2.52. The molecule has 1 saturated heterocycles. The van der Waals surface area contributed by atoms with Gasteiger partial charge in [0, 0.05) is 42.9 Å². The molecule has 2 heterocycles. The summed E-state index contributed by atoms with van der Waals surface area (Å²) < 4.78 is 0.914. The number of benzene rings is 1. The second-order valence-electron chi connectivity index (χ2n) is 5.72. The van der Waals surface area contributed by atoms with Crippen molar-refractivity contribution in [2.75, 3.05) is 24.5 Å². The third-order valence-corrected chi connectivity index (χ3v) is 4.73. The number of rotatable bonds is 3. The molecular formula is C17H19BrClN3. The Morgan fingerprint density at radius 2 is 2.05 bits per heavy atom. The van der Waals surface area contributed by atoms with Crippen molar-refractivity contribution >= 4 is 33.3 Å². The first kappa shape index (κ1) is 15.8. The summed E-state index contributed by atoms with van der Waals surface area (Å²) in [6, 6.07) is 12.9. The standard InChI is InChI=1S/C17H19BrClN3/c1-13-11-21(12-14-5-3-2-4-6-14)7-8-22(13)17-16(19)9-15(18)10-20-17/h2-6,9-10,13H,7-8,11-12H2,1H3. The number of pyridine rings is 1. The Morgan fingerprint density at radius 3 is 2.73 bits per heavy atom. The van der Waals surface area contributed by atoms with Gasteiger partial charge < -0.3 is 4.90 Å². The van der Waals surface area contributed by atoms with E-state index in [1.54, 1.807) is 0 Å². The Bertz CT molecular complexity index is 635.